The van der Waals surface area contributed by atoms with Crippen LogP contribution < -0.4 is 10.2 Å². The Morgan fingerprint density at radius 2 is 1.88 bits per heavy atom. The van der Waals surface area contributed by atoms with E-state index in [4.69, 9.17) is 4.98 Å². The maximum Gasteiger partial charge on any atom is 0.225 e. The number of rotatable bonds is 4. The number of aryl methyl sites for hydroxylation is 1. The first-order chi connectivity index (χ1) is 12.8. The third-order valence-electron chi connectivity index (χ3n) is 4.33. The molecule has 1 aliphatic rings. The standard InChI is InChI=1S/C18H20N8/c1-13-23-14(11-16(24-13)25-17-12-19-8-9-20-17)15-5-2-3-10-26(15)18-21-6-4-7-22-18/h4,6-9,11-12,15H,2-3,5,10H2,1H3,(H,20,23,24,25). The molecule has 8 heteroatoms. The Hall–Kier alpha value is -3.16. The summed E-state index contributed by atoms with van der Waals surface area (Å²) in [5, 5.41) is 3.20. The summed E-state index contributed by atoms with van der Waals surface area (Å²) in [5.74, 6) is 2.83. The van der Waals surface area contributed by atoms with Gasteiger partial charge in [0.1, 0.15) is 17.5 Å². The fourth-order valence-corrected chi connectivity index (χ4v) is 3.24. The fourth-order valence-electron chi connectivity index (χ4n) is 3.24. The van der Waals surface area contributed by atoms with E-state index < -0.39 is 0 Å². The Labute approximate surface area is 151 Å². The van der Waals surface area contributed by atoms with E-state index in [1.54, 1.807) is 31.0 Å². The van der Waals surface area contributed by atoms with Gasteiger partial charge in [-0.05, 0) is 32.3 Å². The van der Waals surface area contributed by atoms with E-state index in [1.807, 2.05) is 19.1 Å². The lowest BCUT2D eigenvalue weighted by Gasteiger charge is -2.35. The molecule has 0 saturated carbocycles. The lowest BCUT2D eigenvalue weighted by molar-refractivity contribution is 0.457. The summed E-state index contributed by atoms with van der Waals surface area (Å²) in [6, 6.07) is 3.95. The van der Waals surface area contributed by atoms with E-state index in [2.05, 4.69) is 35.1 Å². The third kappa shape index (κ3) is 3.58. The molecule has 0 spiro atoms. The third-order valence-corrected chi connectivity index (χ3v) is 4.33. The van der Waals surface area contributed by atoms with Gasteiger partial charge in [-0.2, -0.15) is 0 Å². The van der Waals surface area contributed by atoms with E-state index >= 15 is 0 Å². The van der Waals surface area contributed by atoms with Crippen LogP contribution in [0.2, 0.25) is 0 Å². The van der Waals surface area contributed by atoms with Crippen molar-refractivity contribution in [1.82, 2.24) is 29.9 Å². The highest BCUT2D eigenvalue weighted by Gasteiger charge is 2.27. The van der Waals surface area contributed by atoms with Crippen LogP contribution in [0.3, 0.4) is 0 Å². The molecule has 0 radical (unpaired) electrons. The summed E-state index contributed by atoms with van der Waals surface area (Å²) in [5.41, 5.74) is 0.969. The molecule has 0 aromatic carbocycles. The maximum atomic E-state index is 4.69. The number of nitrogens with one attached hydrogen (secondary N) is 1. The molecule has 3 aromatic rings. The number of hydrogen-bond acceptors (Lipinski definition) is 8. The average molecular weight is 348 g/mol. The van der Waals surface area contributed by atoms with Gasteiger partial charge in [-0.25, -0.2) is 24.9 Å². The number of anilines is 3. The van der Waals surface area contributed by atoms with Gasteiger partial charge < -0.3 is 10.2 Å². The van der Waals surface area contributed by atoms with Crippen LogP contribution in [-0.2, 0) is 0 Å². The minimum Gasteiger partial charge on any atom is -0.332 e. The summed E-state index contributed by atoms with van der Waals surface area (Å²) in [6.45, 7) is 2.82. The van der Waals surface area contributed by atoms with E-state index in [1.165, 1.54) is 0 Å². The van der Waals surface area contributed by atoms with Crippen LogP contribution in [0, 0.1) is 6.92 Å². The van der Waals surface area contributed by atoms with E-state index in [0.717, 1.165) is 37.4 Å². The topological polar surface area (TPSA) is 92.6 Å². The smallest absolute Gasteiger partial charge is 0.225 e. The Balaban J connectivity index is 1.65. The van der Waals surface area contributed by atoms with Gasteiger partial charge in [-0.1, -0.05) is 0 Å². The van der Waals surface area contributed by atoms with Crippen molar-refractivity contribution in [2.75, 3.05) is 16.8 Å². The molecule has 26 heavy (non-hydrogen) atoms. The lowest BCUT2D eigenvalue weighted by atomic mass is 9.99. The molecule has 1 fully saturated rings. The van der Waals surface area contributed by atoms with Crippen LogP contribution in [0.5, 0.6) is 0 Å². The largest absolute Gasteiger partial charge is 0.332 e. The van der Waals surface area contributed by atoms with Gasteiger partial charge in [0.25, 0.3) is 0 Å². The summed E-state index contributed by atoms with van der Waals surface area (Å²) in [6.07, 6.45) is 11.8. The molecule has 1 N–H and O–H groups in total. The average Bonchev–Trinajstić information content (AvgIpc) is 2.69. The maximum absolute atomic E-state index is 4.69. The van der Waals surface area contributed by atoms with E-state index in [-0.39, 0.29) is 6.04 Å². The molecular weight excluding hydrogens is 328 g/mol. The van der Waals surface area contributed by atoms with Crippen molar-refractivity contribution in [2.45, 2.75) is 32.2 Å². The monoisotopic (exact) mass is 348 g/mol. The second-order valence-corrected chi connectivity index (χ2v) is 6.19. The number of aromatic nitrogens is 6. The lowest BCUT2D eigenvalue weighted by Crippen LogP contribution is -2.35. The highest BCUT2D eigenvalue weighted by molar-refractivity contribution is 5.51. The predicted molar refractivity (Wildman–Crippen MR) is 98.1 cm³/mol. The van der Waals surface area contributed by atoms with E-state index in [9.17, 15) is 0 Å². The first-order valence-corrected chi connectivity index (χ1v) is 8.72. The molecule has 0 aliphatic carbocycles. The second-order valence-electron chi connectivity index (χ2n) is 6.19. The Morgan fingerprint density at radius 1 is 1.00 bits per heavy atom. The summed E-state index contributed by atoms with van der Waals surface area (Å²) >= 11 is 0. The highest BCUT2D eigenvalue weighted by atomic mass is 15.3. The van der Waals surface area contributed by atoms with Crippen molar-refractivity contribution in [3.05, 3.63) is 54.6 Å². The Kier molecular flexibility index (Phi) is 4.63. The molecule has 8 nitrogen and oxygen atoms in total. The molecule has 3 aromatic heterocycles. The predicted octanol–water partition coefficient (Wildman–Crippen LogP) is 2.84. The van der Waals surface area contributed by atoms with Crippen molar-refractivity contribution in [3.8, 4) is 0 Å². The molecule has 132 valence electrons. The minimum atomic E-state index is 0.134. The SMILES string of the molecule is Cc1nc(Nc2cnccn2)cc(C2CCCCN2c2ncccn2)n1. The molecule has 0 bridgehead atoms. The van der Waals surface area contributed by atoms with Crippen molar-refractivity contribution < 1.29 is 0 Å². The van der Waals surface area contributed by atoms with E-state index in [0.29, 0.717) is 17.5 Å². The summed E-state index contributed by atoms with van der Waals surface area (Å²) in [7, 11) is 0. The van der Waals surface area contributed by atoms with Crippen molar-refractivity contribution in [2.24, 2.45) is 0 Å². The van der Waals surface area contributed by atoms with Crippen LogP contribution in [-0.4, -0.2) is 36.4 Å². The summed E-state index contributed by atoms with van der Waals surface area (Å²) < 4.78 is 0. The molecule has 1 saturated heterocycles. The van der Waals surface area contributed by atoms with Crippen molar-refractivity contribution >= 4 is 17.6 Å². The zero-order chi connectivity index (χ0) is 17.8. The van der Waals surface area contributed by atoms with Gasteiger partial charge >= 0.3 is 0 Å². The van der Waals surface area contributed by atoms with Crippen molar-refractivity contribution in [1.29, 1.82) is 0 Å². The number of piperidine rings is 1. The molecule has 4 heterocycles. The first-order valence-electron chi connectivity index (χ1n) is 8.72. The van der Waals surface area contributed by atoms with Gasteiger partial charge in [0, 0.05) is 37.4 Å². The molecule has 0 amide bonds. The van der Waals surface area contributed by atoms with Gasteiger partial charge in [-0.3, -0.25) is 4.98 Å². The van der Waals surface area contributed by atoms with Crippen LogP contribution in [0.1, 0.15) is 36.8 Å². The van der Waals surface area contributed by atoms with Gasteiger partial charge in [0.2, 0.25) is 5.95 Å². The normalized spacial score (nSPS) is 17.1. The van der Waals surface area contributed by atoms with Crippen LogP contribution in [0.15, 0.2) is 43.1 Å². The molecule has 1 atom stereocenters. The number of nitrogens with zero attached hydrogens (tertiary/aromatic N) is 7. The first kappa shape index (κ1) is 16.3. The van der Waals surface area contributed by atoms with Crippen LogP contribution >= 0.6 is 0 Å². The minimum absolute atomic E-state index is 0.134. The molecule has 4 rings (SSSR count). The molecule has 1 aliphatic heterocycles. The second kappa shape index (κ2) is 7.38. The van der Waals surface area contributed by atoms with Gasteiger partial charge in [-0.15, -0.1) is 0 Å². The zero-order valence-electron chi connectivity index (χ0n) is 14.6. The summed E-state index contributed by atoms with van der Waals surface area (Å²) in [4.78, 5) is 28.6. The quantitative estimate of drug-likeness (QED) is 0.769. The Bertz CT molecular complexity index is 856. The van der Waals surface area contributed by atoms with Crippen LogP contribution in [0.25, 0.3) is 0 Å². The zero-order valence-corrected chi connectivity index (χ0v) is 14.6. The highest BCUT2D eigenvalue weighted by Crippen LogP contribution is 2.33. The number of hydrogen-bond donors (Lipinski definition) is 1. The Morgan fingerprint density at radius 3 is 2.69 bits per heavy atom. The molecular formula is C18H20N8. The van der Waals surface area contributed by atoms with Crippen molar-refractivity contribution in [3.63, 3.8) is 0 Å². The van der Waals surface area contributed by atoms with Gasteiger partial charge in [0.15, 0.2) is 0 Å². The fraction of sp³-hybridized carbons (Fsp3) is 0.333. The molecule has 1 unspecified atom stereocenters. The van der Waals surface area contributed by atoms with Gasteiger partial charge in [0.05, 0.1) is 17.9 Å². The van der Waals surface area contributed by atoms with Crippen LogP contribution in [0.4, 0.5) is 17.6 Å².